The Hall–Kier alpha value is -4.42. The minimum atomic E-state index is -0.983. The van der Waals surface area contributed by atoms with Gasteiger partial charge in [0.05, 0.1) is 12.3 Å². The highest BCUT2D eigenvalue weighted by atomic mass is 16.6. The van der Waals surface area contributed by atoms with Crippen LogP contribution in [0.4, 0.5) is 26.9 Å². The lowest BCUT2D eigenvalue weighted by Gasteiger charge is -2.29. The second-order valence-corrected chi connectivity index (χ2v) is 12.4. The number of hydrogen-bond donors (Lipinski definition) is 2. The van der Waals surface area contributed by atoms with Gasteiger partial charge in [-0.2, -0.15) is 14.5 Å². The molecule has 0 aromatic carbocycles. The summed E-state index contributed by atoms with van der Waals surface area (Å²) in [5.41, 5.74) is -0.751. The van der Waals surface area contributed by atoms with Crippen molar-refractivity contribution in [2.45, 2.75) is 98.5 Å². The van der Waals surface area contributed by atoms with Gasteiger partial charge in [-0.3, -0.25) is 4.79 Å². The van der Waals surface area contributed by atoms with E-state index in [2.05, 4.69) is 20.7 Å². The highest BCUT2D eigenvalue weighted by Gasteiger charge is 2.37. The molecule has 0 radical (unpaired) electrons. The molecule has 3 aromatic heterocycles. The lowest BCUT2D eigenvalue weighted by molar-refractivity contribution is 0.0427. The minimum absolute atomic E-state index is 0.00769. The molecule has 3 aromatic rings. The van der Waals surface area contributed by atoms with E-state index in [9.17, 15) is 14.4 Å². The summed E-state index contributed by atoms with van der Waals surface area (Å²) < 4.78 is 18.4. The molecule has 1 aliphatic carbocycles. The van der Waals surface area contributed by atoms with Crippen LogP contribution in [0.1, 0.15) is 84.2 Å². The fourth-order valence-electron chi connectivity index (χ4n) is 3.89. The molecule has 0 unspecified atom stereocenters. The van der Waals surface area contributed by atoms with Gasteiger partial charge >= 0.3 is 12.2 Å². The fraction of sp³-hybridized carbons (Fsp3) is 0.517. The van der Waals surface area contributed by atoms with Crippen molar-refractivity contribution < 1.29 is 28.6 Å². The molecule has 1 aliphatic rings. The van der Waals surface area contributed by atoms with E-state index in [0.29, 0.717) is 17.1 Å². The van der Waals surface area contributed by atoms with Crippen molar-refractivity contribution in [3.8, 4) is 5.88 Å². The lowest BCUT2D eigenvalue weighted by Crippen LogP contribution is -2.45. The molecule has 42 heavy (non-hydrogen) atoms. The van der Waals surface area contributed by atoms with Gasteiger partial charge in [-0.1, -0.05) is 0 Å². The zero-order chi connectivity index (χ0) is 31.0. The summed E-state index contributed by atoms with van der Waals surface area (Å²) in [5, 5.41) is 10.5. The van der Waals surface area contributed by atoms with Crippen molar-refractivity contribution in [3.05, 3.63) is 35.7 Å². The third-order valence-corrected chi connectivity index (χ3v) is 5.75. The summed E-state index contributed by atoms with van der Waals surface area (Å²) in [4.78, 5) is 50.3. The quantitative estimate of drug-likeness (QED) is 0.364. The van der Waals surface area contributed by atoms with Crippen LogP contribution >= 0.6 is 0 Å². The van der Waals surface area contributed by atoms with Gasteiger partial charge in [-0.25, -0.2) is 19.6 Å². The molecule has 0 aliphatic heterocycles. The van der Waals surface area contributed by atoms with E-state index in [4.69, 9.17) is 19.2 Å². The summed E-state index contributed by atoms with van der Waals surface area (Å²) in [6.45, 7) is 15.5. The smallest absolute Gasteiger partial charge is 0.425 e. The zero-order valence-electron chi connectivity index (χ0n) is 25.6. The van der Waals surface area contributed by atoms with Crippen LogP contribution < -0.4 is 20.3 Å². The average molecular weight is 582 g/mol. The Morgan fingerprint density at radius 3 is 2.21 bits per heavy atom. The Kier molecular flexibility index (Phi) is 8.33. The topological polar surface area (TPSA) is 149 Å². The molecule has 226 valence electrons. The number of amides is 3. The Labute approximate surface area is 244 Å². The molecule has 2 N–H and O–H groups in total. The van der Waals surface area contributed by atoms with Crippen molar-refractivity contribution in [1.29, 1.82) is 0 Å². The predicted octanol–water partition coefficient (Wildman–Crippen LogP) is 5.53. The molecule has 1 saturated carbocycles. The predicted molar refractivity (Wildman–Crippen MR) is 156 cm³/mol. The normalized spacial score (nSPS) is 13.6. The van der Waals surface area contributed by atoms with E-state index in [1.54, 1.807) is 66.8 Å². The van der Waals surface area contributed by atoms with Crippen LogP contribution in [0.2, 0.25) is 0 Å². The summed E-state index contributed by atoms with van der Waals surface area (Å²) in [7, 11) is 0. The number of carbonyl (C=O) groups is 3. The van der Waals surface area contributed by atoms with E-state index >= 15 is 0 Å². The van der Waals surface area contributed by atoms with Gasteiger partial charge < -0.3 is 24.8 Å². The Morgan fingerprint density at radius 2 is 1.67 bits per heavy atom. The zero-order valence-corrected chi connectivity index (χ0v) is 25.6. The molecule has 0 saturated heterocycles. The number of fused-ring (bicyclic) bond motifs is 1. The molecule has 13 heteroatoms. The number of nitrogens with zero attached hydrogens (tertiary/aromatic N) is 5. The summed E-state index contributed by atoms with van der Waals surface area (Å²) in [6.07, 6.45) is 2.61. The minimum Gasteiger partial charge on any atom is -0.473 e. The molecule has 0 atom stereocenters. The van der Waals surface area contributed by atoms with Crippen LogP contribution in [0.15, 0.2) is 24.5 Å². The molecule has 0 bridgehead atoms. The number of carbonyl (C=O) groups excluding carboxylic acids is 3. The molecule has 4 rings (SSSR count). The van der Waals surface area contributed by atoms with Crippen LogP contribution in [-0.2, 0) is 9.47 Å². The van der Waals surface area contributed by atoms with Crippen LogP contribution in [0.25, 0.3) is 5.65 Å². The maximum atomic E-state index is 13.6. The number of aromatic nitrogens is 4. The van der Waals surface area contributed by atoms with Gasteiger partial charge in [-0.05, 0) is 87.3 Å². The van der Waals surface area contributed by atoms with Crippen molar-refractivity contribution in [2.75, 3.05) is 10.2 Å². The highest BCUT2D eigenvalue weighted by Crippen LogP contribution is 2.34. The molecule has 0 spiro atoms. The molecular weight excluding hydrogens is 542 g/mol. The third kappa shape index (κ3) is 7.25. The van der Waals surface area contributed by atoms with Gasteiger partial charge in [-0.15, -0.1) is 0 Å². The average Bonchev–Trinajstić information content (AvgIpc) is 3.55. The van der Waals surface area contributed by atoms with Gasteiger partial charge in [0.1, 0.15) is 28.3 Å². The van der Waals surface area contributed by atoms with Crippen molar-refractivity contribution in [2.24, 2.45) is 0 Å². The first-order valence-electron chi connectivity index (χ1n) is 13.9. The monoisotopic (exact) mass is 581 g/mol. The summed E-state index contributed by atoms with van der Waals surface area (Å²) in [6, 6.07) is 3.57. The summed E-state index contributed by atoms with van der Waals surface area (Å²) in [5.74, 6) is 0.183. The van der Waals surface area contributed by atoms with E-state index < -0.39 is 23.4 Å². The largest absolute Gasteiger partial charge is 0.473 e. The first-order valence-corrected chi connectivity index (χ1v) is 13.9. The van der Waals surface area contributed by atoms with E-state index in [-0.39, 0.29) is 40.9 Å². The van der Waals surface area contributed by atoms with E-state index in [1.807, 2.05) is 13.8 Å². The molecule has 3 amide bonds. The number of rotatable bonds is 7. The van der Waals surface area contributed by atoms with Crippen molar-refractivity contribution >= 4 is 41.1 Å². The third-order valence-electron chi connectivity index (χ3n) is 5.75. The van der Waals surface area contributed by atoms with Crippen LogP contribution in [-0.4, -0.2) is 61.0 Å². The highest BCUT2D eigenvalue weighted by molar-refractivity contribution is 6.10. The number of anilines is 3. The number of imide groups is 1. The Morgan fingerprint density at radius 1 is 1.05 bits per heavy atom. The number of hydrogen-bond acceptors (Lipinski definition) is 10. The number of ether oxygens (including phenoxy) is 3. The van der Waals surface area contributed by atoms with E-state index in [1.165, 1.54) is 10.7 Å². The Bertz CT molecular complexity index is 1470. The van der Waals surface area contributed by atoms with Crippen LogP contribution in [0, 0.1) is 6.92 Å². The lowest BCUT2D eigenvalue weighted by atomic mass is 10.2. The number of nitrogens with one attached hydrogen (secondary N) is 2. The van der Waals surface area contributed by atoms with Crippen LogP contribution in [0.5, 0.6) is 5.88 Å². The Balaban J connectivity index is 1.94. The summed E-state index contributed by atoms with van der Waals surface area (Å²) >= 11 is 0. The van der Waals surface area contributed by atoms with Crippen molar-refractivity contribution in [1.82, 2.24) is 24.9 Å². The number of pyridine rings is 1. The molecular formula is C29H39N7O6. The van der Waals surface area contributed by atoms with E-state index in [0.717, 1.165) is 17.7 Å². The standard InChI is InChI=1S/C29H39N7O6/c1-16(2)40-24-20(11-10-14-30-24)33-21-17(3)25(35(26(38)41-28(4,5)6)27(39)42-29(7,8)9)36-22(34-21)19(15-31-36)23(37)32-18-12-13-18/h10-11,14-16,18H,12-13H2,1-9H3,(H,32,37)(H,33,34). The van der Waals surface area contributed by atoms with Gasteiger partial charge in [0.15, 0.2) is 11.5 Å². The van der Waals surface area contributed by atoms with Gasteiger partial charge in [0.25, 0.3) is 5.91 Å². The fourth-order valence-corrected chi connectivity index (χ4v) is 3.89. The van der Waals surface area contributed by atoms with Crippen LogP contribution in [0.3, 0.4) is 0 Å². The first kappa shape index (κ1) is 30.5. The maximum Gasteiger partial charge on any atom is 0.425 e. The van der Waals surface area contributed by atoms with Gasteiger partial charge in [0, 0.05) is 17.8 Å². The molecule has 1 fully saturated rings. The van der Waals surface area contributed by atoms with Crippen molar-refractivity contribution in [3.63, 3.8) is 0 Å². The second kappa shape index (κ2) is 11.5. The molecule has 13 nitrogen and oxygen atoms in total. The SMILES string of the molecule is Cc1c(Nc2cccnc2OC(C)C)nc2c(C(=O)NC3CC3)cnn2c1N(C(=O)OC(C)(C)C)C(=O)OC(C)(C)C. The maximum absolute atomic E-state index is 13.6. The molecule has 3 heterocycles. The van der Waals surface area contributed by atoms with Gasteiger partial charge in [0.2, 0.25) is 5.88 Å². The first-order chi connectivity index (χ1) is 19.5. The second-order valence-electron chi connectivity index (χ2n) is 12.4.